The highest BCUT2D eigenvalue weighted by atomic mass is 16.2. The Morgan fingerprint density at radius 1 is 1.10 bits per heavy atom. The highest BCUT2D eigenvalue weighted by molar-refractivity contribution is 5.76. The van der Waals surface area contributed by atoms with Gasteiger partial charge in [0.05, 0.1) is 12.5 Å². The average molecular weight is 409 g/mol. The molecule has 0 N–H and O–H groups in total. The van der Waals surface area contributed by atoms with Crippen molar-refractivity contribution < 1.29 is 4.79 Å². The van der Waals surface area contributed by atoms with Crippen molar-refractivity contribution in [3.63, 3.8) is 0 Å². The van der Waals surface area contributed by atoms with Crippen LogP contribution in [0.15, 0.2) is 41.6 Å². The quantitative estimate of drug-likeness (QED) is 0.640. The van der Waals surface area contributed by atoms with Crippen molar-refractivity contribution in [1.29, 1.82) is 0 Å². The number of carbonyl (C=O) groups excluding carboxylic acids is 1. The Bertz CT molecular complexity index is 1090. The third-order valence-corrected chi connectivity index (χ3v) is 5.75. The van der Waals surface area contributed by atoms with Crippen molar-refractivity contribution in [2.45, 2.75) is 32.9 Å². The van der Waals surface area contributed by atoms with E-state index in [2.05, 4.69) is 46.2 Å². The number of hydrogen-bond acceptors (Lipinski definition) is 5. The van der Waals surface area contributed by atoms with E-state index >= 15 is 0 Å². The van der Waals surface area contributed by atoms with Crippen LogP contribution in [0.3, 0.4) is 0 Å². The van der Waals surface area contributed by atoms with Crippen LogP contribution in [-0.4, -0.2) is 61.2 Å². The number of benzene rings is 1. The number of rotatable bonds is 5. The van der Waals surface area contributed by atoms with E-state index in [-0.39, 0.29) is 11.5 Å². The van der Waals surface area contributed by atoms with Crippen molar-refractivity contribution in [2.75, 3.05) is 26.2 Å². The first-order valence-corrected chi connectivity index (χ1v) is 10.4. The maximum absolute atomic E-state index is 12.8. The van der Waals surface area contributed by atoms with Crippen molar-refractivity contribution in [2.24, 2.45) is 7.05 Å². The molecule has 1 saturated heterocycles. The molecule has 0 aliphatic carbocycles. The lowest BCUT2D eigenvalue weighted by atomic mass is 10.1. The number of carbonyl (C=O) groups is 1. The number of aryl methyl sites for hydroxylation is 3. The van der Waals surface area contributed by atoms with Crippen LogP contribution in [-0.2, 0) is 24.9 Å². The molecule has 4 rings (SSSR count). The van der Waals surface area contributed by atoms with E-state index in [1.165, 1.54) is 28.2 Å². The maximum Gasteiger partial charge on any atom is 0.264 e. The lowest BCUT2D eigenvalue weighted by Crippen LogP contribution is -2.36. The van der Waals surface area contributed by atoms with E-state index < -0.39 is 0 Å². The second-order valence-corrected chi connectivity index (χ2v) is 7.99. The molecule has 30 heavy (non-hydrogen) atoms. The van der Waals surface area contributed by atoms with Gasteiger partial charge in [-0.2, -0.15) is 5.10 Å². The predicted molar refractivity (Wildman–Crippen MR) is 115 cm³/mol. The summed E-state index contributed by atoms with van der Waals surface area (Å²) >= 11 is 0. The lowest BCUT2D eigenvalue weighted by Gasteiger charge is -2.22. The van der Waals surface area contributed by atoms with Crippen LogP contribution in [0.1, 0.15) is 24.0 Å². The maximum atomic E-state index is 12.8. The molecule has 1 aliphatic rings. The minimum absolute atomic E-state index is 0.0883. The predicted octanol–water partition coefficient (Wildman–Crippen LogP) is 1.56. The highest BCUT2D eigenvalue weighted by Crippen LogP contribution is 2.11. The molecule has 0 radical (unpaired) electrons. The lowest BCUT2D eigenvalue weighted by molar-refractivity contribution is -0.131. The Balaban J connectivity index is 1.32. The van der Waals surface area contributed by atoms with Crippen LogP contribution < -0.4 is 5.56 Å². The SMILES string of the molecule is Cc1ccc(CN2CCCN(C(=O)CCn3cnc4c(cnn4C)c3=O)CC2)cc1. The molecule has 8 nitrogen and oxygen atoms in total. The summed E-state index contributed by atoms with van der Waals surface area (Å²) < 4.78 is 3.08. The highest BCUT2D eigenvalue weighted by Gasteiger charge is 2.19. The van der Waals surface area contributed by atoms with Crippen LogP contribution in [0.2, 0.25) is 0 Å². The Morgan fingerprint density at radius 2 is 1.90 bits per heavy atom. The van der Waals surface area contributed by atoms with Gasteiger partial charge < -0.3 is 4.90 Å². The van der Waals surface area contributed by atoms with Gasteiger partial charge in [-0.25, -0.2) is 4.98 Å². The minimum Gasteiger partial charge on any atom is -0.341 e. The fourth-order valence-corrected chi connectivity index (χ4v) is 3.93. The molecule has 1 aromatic carbocycles. The summed E-state index contributed by atoms with van der Waals surface area (Å²) in [5.41, 5.74) is 2.98. The van der Waals surface area contributed by atoms with Gasteiger partial charge in [-0.05, 0) is 18.9 Å². The molecule has 0 unspecified atom stereocenters. The van der Waals surface area contributed by atoms with Crippen LogP contribution in [0.4, 0.5) is 0 Å². The molecule has 0 spiro atoms. The monoisotopic (exact) mass is 408 g/mol. The van der Waals surface area contributed by atoms with Gasteiger partial charge in [0.2, 0.25) is 5.91 Å². The first kappa shape index (κ1) is 20.3. The topological polar surface area (TPSA) is 76.3 Å². The number of amides is 1. The summed E-state index contributed by atoms with van der Waals surface area (Å²) in [4.78, 5) is 33.9. The van der Waals surface area contributed by atoms with E-state index in [4.69, 9.17) is 0 Å². The van der Waals surface area contributed by atoms with Crippen molar-refractivity contribution in [3.8, 4) is 0 Å². The second kappa shape index (κ2) is 8.79. The largest absolute Gasteiger partial charge is 0.341 e. The first-order chi connectivity index (χ1) is 14.5. The average Bonchev–Trinajstić information content (AvgIpc) is 2.97. The summed E-state index contributed by atoms with van der Waals surface area (Å²) in [6.45, 7) is 6.67. The zero-order valence-corrected chi connectivity index (χ0v) is 17.6. The third-order valence-electron chi connectivity index (χ3n) is 5.75. The van der Waals surface area contributed by atoms with E-state index in [1.54, 1.807) is 11.7 Å². The summed E-state index contributed by atoms with van der Waals surface area (Å²) in [5.74, 6) is 0.0883. The molecule has 8 heteroatoms. The Kier molecular flexibility index (Phi) is 5.94. The molecule has 1 amide bonds. The second-order valence-electron chi connectivity index (χ2n) is 7.99. The van der Waals surface area contributed by atoms with E-state index in [0.717, 1.165) is 39.1 Å². The van der Waals surface area contributed by atoms with E-state index in [1.807, 2.05) is 4.90 Å². The van der Waals surface area contributed by atoms with E-state index in [0.29, 0.717) is 24.0 Å². The summed E-state index contributed by atoms with van der Waals surface area (Å²) in [5, 5.41) is 4.56. The molecule has 158 valence electrons. The van der Waals surface area contributed by atoms with Gasteiger partial charge in [0.1, 0.15) is 5.39 Å². The molecular weight excluding hydrogens is 380 g/mol. The van der Waals surface area contributed by atoms with Gasteiger partial charge in [0.15, 0.2) is 5.65 Å². The van der Waals surface area contributed by atoms with Gasteiger partial charge in [-0.15, -0.1) is 0 Å². The summed E-state index contributed by atoms with van der Waals surface area (Å²) in [7, 11) is 1.75. The van der Waals surface area contributed by atoms with Crippen LogP contribution in [0.25, 0.3) is 11.0 Å². The molecule has 0 atom stereocenters. The number of fused-ring (bicyclic) bond motifs is 1. The van der Waals surface area contributed by atoms with Crippen LogP contribution in [0.5, 0.6) is 0 Å². The number of nitrogens with zero attached hydrogens (tertiary/aromatic N) is 6. The van der Waals surface area contributed by atoms with Gasteiger partial charge in [-0.1, -0.05) is 29.8 Å². The first-order valence-electron chi connectivity index (χ1n) is 10.4. The molecule has 0 saturated carbocycles. The zero-order valence-electron chi connectivity index (χ0n) is 17.6. The molecule has 1 aliphatic heterocycles. The molecule has 1 fully saturated rings. The van der Waals surface area contributed by atoms with Gasteiger partial charge in [-0.3, -0.25) is 23.7 Å². The van der Waals surface area contributed by atoms with Crippen molar-refractivity contribution >= 4 is 16.9 Å². The molecule has 0 bridgehead atoms. The van der Waals surface area contributed by atoms with Gasteiger partial charge in [0.25, 0.3) is 5.56 Å². The third kappa shape index (κ3) is 4.43. The molecule has 2 aromatic heterocycles. The van der Waals surface area contributed by atoms with E-state index in [9.17, 15) is 9.59 Å². The Labute approximate surface area is 175 Å². The minimum atomic E-state index is -0.152. The van der Waals surface area contributed by atoms with Crippen LogP contribution >= 0.6 is 0 Å². The van der Waals surface area contributed by atoms with Crippen molar-refractivity contribution in [1.82, 2.24) is 29.1 Å². The molecular formula is C22H28N6O2. The fraction of sp³-hybridized carbons (Fsp3) is 0.455. The summed E-state index contributed by atoms with van der Waals surface area (Å²) in [6.07, 6.45) is 4.29. The molecule has 3 aromatic rings. The normalized spacial score (nSPS) is 15.5. The standard InChI is InChI=1S/C22H28N6O2/c1-17-4-6-18(7-5-17)15-26-9-3-10-27(13-12-26)20(29)8-11-28-16-23-21-19(22(28)30)14-24-25(21)2/h4-7,14,16H,3,8-13,15H2,1-2H3. The smallest absolute Gasteiger partial charge is 0.264 e. The van der Waals surface area contributed by atoms with Gasteiger partial charge >= 0.3 is 0 Å². The Hall–Kier alpha value is -3.00. The van der Waals surface area contributed by atoms with Gasteiger partial charge in [0, 0.05) is 52.7 Å². The summed E-state index contributed by atoms with van der Waals surface area (Å²) in [6, 6.07) is 8.63. The number of aromatic nitrogens is 4. The fourth-order valence-electron chi connectivity index (χ4n) is 3.93. The zero-order chi connectivity index (χ0) is 21.1. The molecule has 3 heterocycles. The Morgan fingerprint density at radius 3 is 2.70 bits per heavy atom. The van der Waals surface area contributed by atoms with Crippen LogP contribution in [0, 0.1) is 6.92 Å². The number of hydrogen-bond donors (Lipinski definition) is 0. The van der Waals surface area contributed by atoms with Crippen molar-refractivity contribution in [3.05, 3.63) is 58.3 Å².